The van der Waals surface area contributed by atoms with Gasteiger partial charge in [-0.2, -0.15) is 0 Å². The average molecular weight is 333 g/mol. The number of methoxy groups -OCH3 is 2. The lowest BCUT2D eigenvalue weighted by molar-refractivity contribution is 0.0731. The van der Waals surface area contributed by atoms with Gasteiger partial charge in [-0.15, -0.1) is 11.3 Å². The number of hydrogen-bond donors (Lipinski definition) is 1. The molecule has 23 heavy (non-hydrogen) atoms. The van der Waals surface area contributed by atoms with Gasteiger partial charge in [-0.05, 0) is 18.2 Å². The standard InChI is InChI=1S/C16H19N3O3S/c1-21-13-4-3-11(9-14(13)22-2)15-18-12(10-23-15)16(20)19-7-5-17-6-8-19/h3-4,9-10,17H,5-8H2,1-2H3. The molecule has 7 heteroatoms. The van der Waals surface area contributed by atoms with Gasteiger partial charge in [-0.1, -0.05) is 0 Å². The Morgan fingerprint density at radius 2 is 1.96 bits per heavy atom. The summed E-state index contributed by atoms with van der Waals surface area (Å²) in [5, 5.41) is 5.85. The van der Waals surface area contributed by atoms with Gasteiger partial charge in [0, 0.05) is 37.1 Å². The van der Waals surface area contributed by atoms with Crippen LogP contribution in [0.3, 0.4) is 0 Å². The van der Waals surface area contributed by atoms with Gasteiger partial charge in [0.1, 0.15) is 10.7 Å². The van der Waals surface area contributed by atoms with Crippen molar-refractivity contribution in [2.45, 2.75) is 0 Å². The highest BCUT2D eigenvalue weighted by atomic mass is 32.1. The van der Waals surface area contributed by atoms with Crippen LogP contribution in [-0.2, 0) is 0 Å². The molecule has 3 rings (SSSR count). The van der Waals surface area contributed by atoms with Gasteiger partial charge in [0.2, 0.25) is 0 Å². The number of piperazine rings is 1. The summed E-state index contributed by atoms with van der Waals surface area (Å²) in [6.45, 7) is 3.11. The molecule has 0 aliphatic carbocycles. The van der Waals surface area contributed by atoms with Gasteiger partial charge in [-0.3, -0.25) is 4.79 Å². The number of hydrogen-bond acceptors (Lipinski definition) is 6. The summed E-state index contributed by atoms with van der Waals surface area (Å²) < 4.78 is 10.6. The Kier molecular flexibility index (Phi) is 4.78. The highest BCUT2D eigenvalue weighted by Crippen LogP contribution is 2.33. The second-order valence-corrected chi connectivity index (χ2v) is 6.01. The normalized spacial score (nSPS) is 14.6. The van der Waals surface area contributed by atoms with E-state index in [1.807, 2.05) is 28.5 Å². The third-order valence-electron chi connectivity index (χ3n) is 3.76. The Morgan fingerprint density at radius 3 is 2.65 bits per heavy atom. The van der Waals surface area contributed by atoms with E-state index in [1.165, 1.54) is 11.3 Å². The van der Waals surface area contributed by atoms with Crippen LogP contribution in [0, 0.1) is 0 Å². The molecule has 1 amide bonds. The lowest BCUT2D eigenvalue weighted by Gasteiger charge is -2.26. The number of aromatic nitrogens is 1. The fourth-order valence-electron chi connectivity index (χ4n) is 2.50. The van der Waals surface area contributed by atoms with Crippen molar-refractivity contribution in [2.75, 3.05) is 40.4 Å². The molecule has 0 atom stereocenters. The van der Waals surface area contributed by atoms with E-state index >= 15 is 0 Å². The first-order chi connectivity index (χ1) is 11.2. The van der Waals surface area contributed by atoms with Crippen LogP contribution in [0.1, 0.15) is 10.5 Å². The molecule has 1 aromatic heterocycles. The maximum Gasteiger partial charge on any atom is 0.273 e. The number of rotatable bonds is 4. The summed E-state index contributed by atoms with van der Waals surface area (Å²) in [4.78, 5) is 18.8. The molecule has 0 saturated carbocycles. The van der Waals surface area contributed by atoms with Crippen LogP contribution in [0.25, 0.3) is 10.6 Å². The molecule has 0 radical (unpaired) electrons. The molecule has 1 aliphatic heterocycles. The molecule has 0 unspecified atom stereocenters. The second kappa shape index (κ2) is 6.97. The summed E-state index contributed by atoms with van der Waals surface area (Å²) in [7, 11) is 3.20. The van der Waals surface area contributed by atoms with Crippen LogP contribution in [0.2, 0.25) is 0 Å². The Bertz CT molecular complexity index is 696. The molecule has 1 fully saturated rings. The summed E-state index contributed by atoms with van der Waals surface area (Å²) >= 11 is 1.46. The third kappa shape index (κ3) is 3.30. The highest BCUT2D eigenvalue weighted by molar-refractivity contribution is 7.13. The molecule has 1 aromatic carbocycles. The Morgan fingerprint density at radius 1 is 1.22 bits per heavy atom. The van der Waals surface area contributed by atoms with Crippen LogP contribution in [0.15, 0.2) is 23.6 Å². The molecule has 122 valence electrons. The summed E-state index contributed by atoms with van der Waals surface area (Å²) in [6, 6.07) is 5.63. The lowest BCUT2D eigenvalue weighted by Crippen LogP contribution is -2.46. The van der Waals surface area contributed by atoms with Crippen LogP contribution in [0.5, 0.6) is 11.5 Å². The third-order valence-corrected chi connectivity index (χ3v) is 4.65. The largest absolute Gasteiger partial charge is 0.493 e. The van der Waals surface area contributed by atoms with Crippen molar-refractivity contribution in [1.82, 2.24) is 15.2 Å². The van der Waals surface area contributed by atoms with Crippen LogP contribution in [0.4, 0.5) is 0 Å². The monoisotopic (exact) mass is 333 g/mol. The molecule has 2 heterocycles. The predicted octanol–water partition coefficient (Wildman–Crippen LogP) is 1.87. The Balaban J connectivity index is 1.82. The summed E-state index contributed by atoms with van der Waals surface area (Å²) in [5.41, 5.74) is 1.41. The van der Waals surface area contributed by atoms with Crippen molar-refractivity contribution >= 4 is 17.2 Å². The highest BCUT2D eigenvalue weighted by Gasteiger charge is 2.21. The zero-order valence-corrected chi connectivity index (χ0v) is 14.0. The van der Waals surface area contributed by atoms with Crippen molar-refractivity contribution in [3.8, 4) is 22.1 Å². The second-order valence-electron chi connectivity index (χ2n) is 5.15. The number of carbonyl (C=O) groups is 1. The Labute approximate surface area is 139 Å². The summed E-state index contributed by atoms with van der Waals surface area (Å²) in [5.74, 6) is 1.31. The van der Waals surface area contributed by atoms with E-state index in [4.69, 9.17) is 9.47 Å². The van der Waals surface area contributed by atoms with E-state index in [-0.39, 0.29) is 5.91 Å². The molecule has 0 spiro atoms. The van der Waals surface area contributed by atoms with Crippen LogP contribution >= 0.6 is 11.3 Å². The van der Waals surface area contributed by atoms with Crippen molar-refractivity contribution in [1.29, 1.82) is 0 Å². The van der Waals surface area contributed by atoms with E-state index in [1.54, 1.807) is 14.2 Å². The fraction of sp³-hybridized carbons (Fsp3) is 0.375. The van der Waals surface area contributed by atoms with E-state index in [0.717, 1.165) is 36.8 Å². The Hall–Kier alpha value is -2.12. The smallest absolute Gasteiger partial charge is 0.273 e. The van der Waals surface area contributed by atoms with Gasteiger partial charge >= 0.3 is 0 Å². The molecule has 1 saturated heterocycles. The van der Waals surface area contributed by atoms with E-state index in [9.17, 15) is 4.79 Å². The maximum atomic E-state index is 12.5. The van der Waals surface area contributed by atoms with Crippen molar-refractivity contribution in [3.05, 3.63) is 29.3 Å². The minimum atomic E-state index is -0.00511. The SMILES string of the molecule is COc1ccc(-c2nc(C(=O)N3CCNCC3)cs2)cc1OC. The summed E-state index contributed by atoms with van der Waals surface area (Å²) in [6.07, 6.45) is 0. The van der Waals surface area contributed by atoms with E-state index < -0.39 is 0 Å². The van der Waals surface area contributed by atoms with Gasteiger partial charge in [-0.25, -0.2) is 4.98 Å². The van der Waals surface area contributed by atoms with Gasteiger partial charge < -0.3 is 19.7 Å². The number of benzene rings is 1. The minimum Gasteiger partial charge on any atom is -0.493 e. The molecule has 0 bridgehead atoms. The number of ether oxygens (including phenoxy) is 2. The number of amides is 1. The molecule has 1 aliphatic rings. The number of carbonyl (C=O) groups excluding carboxylic acids is 1. The van der Waals surface area contributed by atoms with Crippen molar-refractivity contribution in [3.63, 3.8) is 0 Å². The maximum absolute atomic E-state index is 12.5. The first-order valence-electron chi connectivity index (χ1n) is 7.41. The fourth-order valence-corrected chi connectivity index (χ4v) is 3.29. The average Bonchev–Trinajstić information content (AvgIpc) is 3.11. The van der Waals surface area contributed by atoms with Crippen molar-refractivity contribution in [2.24, 2.45) is 0 Å². The van der Waals surface area contributed by atoms with E-state index in [2.05, 4.69) is 10.3 Å². The van der Waals surface area contributed by atoms with Crippen molar-refractivity contribution < 1.29 is 14.3 Å². The first-order valence-corrected chi connectivity index (χ1v) is 8.29. The zero-order chi connectivity index (χ0) is 16.2. The quantitative estimate of drug-likeness (QED) is 0.925. The molecule has 2 aromatic rings. The molecule has 6 nitrogen and oxygen atoms in total. The predicted molar refractivity (Wildman–Crippen MR) is 89.4 cm³/mol. The zero-order valence-electron chi connectivity index (χ0n) is 13.2. The van der Waals surface area contributed by atoms with Crippen LogP contribution in [-0.4, -0.2) is 56.2 Å². The van der Waals surface area contributed by atoms with Gasteiger partial charge in [0.15, 0.2) is 11.5 Å². The minimum absolute atomic E-state index is 0.00511. The van der Waals surface area contributed by atoms with E-state index in [0.29, 0.717) is 17.2 Å². The number of thiazole rings is 1. The number of nitrogens with zero attached hydrogens (tertiary/aromatic N) is 2. The van der Waals surface area contributed by atoms with Gasteiger partial charge in [0.05, 0.1) is 14.2 Å². The first kappa shape index (κ1) is 15.8. The molecule has 1 N–H and O–H groups in total. The molecular formula is C16H19N3O3S. The molecular weight excluding hydrogens is 314 g/mol. The topological polar surface area (TPSA) is 63.7 Å². The number of nitrogens with one attached hydrogen (secondary N) is 1. The lowest BCUT2D eigenvalue weighted by atomic mass is 10.2. The van der Waals surface area contributed by atoms with Gasteiger partial charge in [0.25, 0.3) is 5.91 Å². The van der Waals surface area contributed by atoms with Crippen LogP contribution < -0.4 is 14.8 Å².